The number of nitrogens with zero attached hydrogens (tertiary/aromatic N) is 4. The fraction of sp³-hybridized carbons (Fsp3) is 0.526. The molecule has 1 aromatic heterocycles. The summed E-state index contributed by atoms with van der Waals surface area (Å²) in [6.45, 7) is 9.19. The monoisotopic (exact) mass is 522 g/mol. The molecular weight excluding hydrogens is 494 g/mol. The zero-order chi connectivity index (χ0) is 19.7. The quantitative estimate of drug-likeness (QED) is 0.226. The Morgan fingerprint density at radius 1 is 1.21 bits per heavy atom. The van der Waals surface area contributed by atoms with Gasteiger partial charge < -0.3 is 15.2 Å². The fourth-order valence-corrected chi connectivity index (χ4v) is 3.13. The van der Waals surface area contributed by atoms with Crippen molar-refractivity contribution in [3.63, 3.8) is 0 Å². The Labute approximate surface area is 188 Å². The first-order valence-corrected chi connectivity index (χ1v) is 9.60. The van der Waals surface area contributed by atoms with Crippen molar-refractivity contribution in [3.05, 3.63) is 47.3 Å². The van der Waals surface area contributed by atoms with Crippen molar-refractivity contribution in [1.82, 2.24) is 25.4 Å². The first kappa shape index (κ1) is 24.6. The van der Waals surface area contributed by atoms with Crippen LogP contribution in [0.4, 0.5) is 4.39 Å². The van der Waals surface area contributed by atoms with E-state index in [2.05, 4.69) is 39.7 Å². The minimum absolute atomic E-state index is 0. The molecule has 0 radical (unpaired) electrons. The molecule has 2 rings (SSSR count). The molecule has 156 valence electrons. The van der Waals surface area contributed by atoms with Gasteiger partial charge in [-0.3, -0.25) is 4.99 Å². The molecule has 0 amide bonds. The van der Waals surface area contributed by atoms with Gasteiger partial charge in [0.05, 0.1) is 6.54 Å². The Bertz CT molecular complexity index is 736. The maximum atomic E-state index is 13.3. The summed E-state index contributed by atoms with van der Waals surface area (Å²) in [4.78, 5) is 4.69. The molecular formula is C19H29ClFIN6. The molecule has 0 atom stereocenters. The molecule has 6 nitrogen and oxygen atoms in total. The Kier molecular flexibility index (Phi) is 10.7. The third-order valence-corrected chi connectivity index (χ3v) is 4.55. The summed E-state index contributed by atoms with van der Waals surface area (Å²) in [5.74, 6) is 0.442. The van der Waals surface area contributed by atoms with E-state index in [4.69, 9.17) is 11.6 Å². The van der Waals surface area contributed by atoms with Gasteiger partial charge in [-0.2, -0.15) is 0 Å². The Morgan fingerprint density at radius 3 is 2.57 bits per heavy atom. The number of hydrogen-bond acceptors (Lipinski definition) is 3. The van der Waals surface area contributed by atoms with E-state index < -0.39 is 0 Å². The van der Waals surface area contributed by atoms with Crippen LogP contribution in [0.3, 0.4) is 0 Å². The van der Waals surface area contributed by atoms with Gasteiger partial charge >= 0.3 is 0 Å². The minimum atomic E-state index is -0.329. The van der Waals surface area contributed by atoms with Crippen LogP contribution in [-0.2, 0) is 12.0 Å². The summed E-state index contributed by atoms with van der Waals surface area (Å²) in [7, 11) is 0. The molecule has 9 heteroatoms. The first-order chi connectivity index (χ1) is 12.9. The van der Waals surface area contributed by atoms with E-state index in [9.17, 15) is 4.39 Å². The third kappa shape index (κ3) is 7.90. The van der Waals surface area contributed by atoms with Gasteiger partial charge in [0.25, 0.3) is 0 Å². The number of benzene rings is 1. The standard InChI is InChI=1S/C19H28ClFN6.HI/c1-4-22-18(23-9-5-6-10-27-13-25-26-14-27)24-12-19(2,3)16-8-7-15(21)11-17(16)20;/h7-8,11,13-14H,4-6,9-10,12H2,1-3H3,(H2,22,23,24);1H. The van der Waals surface area contributed by atoms with Crippen LogP contribution in [0.5, 0.6) is 0 Å². The summed E-state index contributed by atoms with van der Waals surface area (Å²) in [6, 6.07) is 4.52. The summed E-state index contributed by atoms with van der Waals surface area (Å²) in [5, 5.41) is 14.6. The second-order valence-electron chi connectivity index (χ2n) is 7.04. The van der Waals surface area contributed by atoms with E-state index in [0.29, 0.717) is 11.6 Å². The van der Waals surface area contributed by atoms with Gasteiger partial charge in [-0.1, -0.05) is 31.5 Å². The van der Waals surface area contributed by atoms with Crippen molar-refractivity contribution < 1.29 is 4.39 Å². The number of nitrogens with one attached hydrogen (secondary N) is 2. The lowest BCUT2D eigenvalue weighted by Crippen LogP contribution is -2.39. The number of aryl methyl sites for hydroxylation is 1. The molecule has 0 fully saturated rings. The average molecular weight is 523 g/mol. The Morgan fingerprint density at radius 2 is 1.93 bits per heavy atom. The topological polar surface area (TPSA) is 67.1 Å². The Hall–Kier alpha value is -1.42. The van der Waals surface area contributed by atoms with E-state index in [-0.39, 0.29) is 35.2 Å². The second kappa shape index (κ2) is 12.2. The zero-order valence-corrected chi connectivity index (χ0v) is 19.7. The highest BCUT2D eigenvalue weighted by molar-refractivity contribution is 14.0. The van der Waals surface area contributed by atoms with Crippen molar-refractivity contribution >= 4 is 41.5 Å². The van der Waals surface area contributed by atoms with Gasteiger partial charge in [-0.25, -0.2) is 4.39 Å². The summed E-state index contributed by atoms with van der Waals surface area (Å²) >= 11 is 6.22. The number of aromatic nitrogens is 3. The smallest absolute Gasteiger partial charge is 0.191 e. The van der Waals surface area contributed by atoms with E-state index in [0.717, 1.165) is 44.0 Å². The van der Waals surface area contributed by atoms with Gasteiger partial charge in [0, 0.05) is 30.1 Å². The summed E-state index contributed by atoms with van der Waals surface area (Å²) in [6.07, 6.45) is 5.49. The highest BCUT2D eigenvalue weighted by Crippen LogP contribution is 2.30. The molecule has 0 spiro atoms. The number of unbranched alkanes of at least 4 members (excludes halogenated alkanes) is 1. The molecule has 0 saturated carbocycles. The number of hydrogen-bond donors (Lipinski definition) is 2. The van der Waals surface area contributed by atoms with Crippen molar-refractivity contribution in [2.24, 2.45) is 4.99 Å². The Balaban J connectivity index is 0.00000392. The molecule has 28 heavy (non-hydrogen) atoms. The first-order valence-electron chi connectivity index (χ1n) is 9.22. The van der Waals surface area contributed by atoms with Gasteiger partial charge in [0.15, 0.2) is 5.96 Å². The number of halogens is 3. The lowest BCUT2D eigenvalue weighted by molar-refractivity contribution is 0.534. The minimum Gasteiger partial charge on any atom is -0.357 e. The fourth-order valence-electron chi connectivity index (χ4n) is 2.71. The van der Waals surface area contributed by atoms with Crippen LogP contribution in [0.2, 0.25) is 5.02 Å². The molecule has 0 aliphatic rings. The normalized spacial score (nSPS) is 11.8. The van der Waals surface area contributed by atoms with Crippen LogP contribution < -0.4 is 10.6 Å². The van der Waals surface area contributed by atoms with Crippen molar-refractivity contribution in [3.8, 4) is 0 Å². The van der Waals surface area contributed by atoms with Crippen LogP contribution in [-0.4, -0.2) is 40.4 Å². The van der Waals surface area contributed by atoms with Gasteiger partial charge in [-0.15, -0.1) is 34.2 Å². The maximum absolute atomic E-state index is 13.3. The van der Waals surface area contributed by atoms with Gasteiger partial charge in [-0.05, 0) is 37.5 Å². The molecule has 2 N–H and O–H groups in total. The summed E-state index contributed by atoms with van der Waals surface area (Å²) < 4.78 is 15.3. The van der Waals surface area contributed by atoms with Crippen LogP contribution in [0.1, 0.15) is 39.2 Å². The zero-order valence-electron chi connectivity index (χ0n) is 16.6. The predicted octanol–water partition coefficient (Wildman–Crippen LogP) is 4.00. The number of guanidine groups is 1. The number of rotatable bonds is 9. The van der Waals surface area contributed by atoms with Crippen molar-refractivity contribution in [2.45, 2.75) is 45.6 Å². The summed E-state index contributed by atoms with van der Waals surface area (Å²) in [5.41, 5.74) is 0.584. The lowest BCUT2D eigenvalue weighted by atomic mass is 9.84. The SMILES string of the molecule is CCNC(=NCC(C)(C)c1ccc(F)cc1Cl)NCCCCn1cnnc1.I. The molecule has 1 aromatic carbocycles. The van der Waals surface area contributed by atoms with Crippen LogP contribution in [0.15, 0.2) is 35.8 Å². The van der Waals surface area contributed by atoms with E-state index in [1.165, 1.54) is 12.1 Å². The van der Waals surface area contributed by atoms with Crippen LogP contribution in [0.25, 0.3) is 0 Å². The van der Waals surface area contributed by atoms with Crippen molar-refractivity contribution in [2.75, 3.05) is 19.6 Å². The van der Waals surface area contributed by atoms with Crippen LogP contribution >= 0.6 is 35.6 Å². The third-order valence-electron chi connectivity index (χ3n) is 4.24. The highest BCUT2D eigenvalue weighted by Gasteiger charge is 2.23. The predicted molar refractivity (Wildman–Crippen MR) is 123 cm³/mol. The largest absolute Gasteiger partial charge is 0.357 e. The lowest BCUT2D eigenvalue weighted by Gasteiger charge is -2.25. The maximum Gasteiger partial charge on any atom is 0.191 e. The van der Waals surface area contributed by atoms with E-state index in [1.807, 2.05) is 11.5 Å². The molecule has 0 aliphatic carbocycles. The van der Waals surface area contributed by atoms with Gasteiger partial charge in [0.2, 0.25) is 0 Å². The van der Waals surface area contributed by atoms with Gasteiger partial charge in [0.1, 0.15) is 18.5 Å². The molecule has 0 aliphatic heterocycles. The van der Waals surface area contributed by atoms with Crippen molar-refractivity contribution in [1.29, 1.82) is 0 Å². The molecule has 2 aromatic rings. The van der Waals surface area contributed by atoms with Crippen LogP contribution in [0, 0.1) is 5.82 Å². The number of aliphatic imine (C=N–C) groups is 1. The molecule has 1 heterocycles. The second-order valence-corrected chi connectivity index (χ2v) is 7.44. The average Bonchev–Trinajstić information content (AvgIpc) is 3.12. The highest BCUT2D eigenvalue weighted by atomic mass is 127. The molecule has 0 unspecified atom stereocenters. The van der Waals surface area contributed by atoms with E-state index >= 15 is 0 Å². The molecule has 0 bridgehead atoms. The molecule has 0 saturated heterocycles. The van der Waals surface area contributed by atoms with E-state index in [1.54, 1.807) is 18.7 Å².